The number of benzene rings is 1. The van der Waals surface area contributed by atoms with Gasteiger partial charge in [-0.1, -0.05) is 22.9 Å². The Morgan fingerprint density at radius 3 is 2.64 bits per heavy atom. The highest BCUT2D eigenvalue weighted by molar-refractivity contribution is 7.18. The molecule has 0 atom stereocenters. The molecule has 0 spiro atoms. The van der Waals surface area contributed by atoms with Crippen molar-refractivity contribution in [3.05, 3.63) is 33.5 Å². The fourth-order valence-electron chi connectivity index (χ4n) is 0.976. The molecule has 1 aromatic heterocycles. The van der Waals surface area contributed by atoms with Gasteiger partial charge in [0.1, 0.15) is 5.82 Å². The molecule has 0 saturated carbocycles. The van der Waals surface area contributed by atoms with Gasteiger partial charge in [-0.15, -0.1) is 10.2 Å². The van der Waals surface area contributed by atoms with E-state index in [2.05, 4.69) is 10.2 Å². The predicted octanol–water partition coefficient (Wildman–Crippen LogP) is 3.65. The second-order valence-corrected chi connectivity index (χ2v) is 4.48. The van der Waals surface area contributed by atoms with Crippen LogP contribution in [0.3, 0.4) is 0 Å². The minimum absolute atomic E-state index is 0.277. The summed E-state index contributed by atoms with van der Waals surface area (Å²) in [7, 11) is 0. The molecule has 1 aromatic carbocycles. The van der Waals surface area contributed by atoms with Crippen molar-refractivity contribution in [3.63, 3.8) is 0 Å². The number of halogens is 3. The van der Waals surface area contributed by atoms with Crippen molar-refractivity contribution in [3.8, 4) is 10.6 Å². The van der Waals surface area contributed by atoms with Gasteiger partial charge in [0.2, 0.25) is 4.47 Å². The van der Waals surface area contributed by atoms with Gasteiger partial charge in [-0.05, 0) is 29.8 Å². The molecule has 0 amide bonds. The number of aromatic nitrogens is 2. The highest BCUT2D eigenvalue weighted by atomic mass is 35.5. The molecule has 0 bridgehead atoms. The summed E-state index contributed by atoms with van der Waals surface area (Å²) in [6.45, 7) is 0. The van der Waals surface area contributed by atoms with Gasteiger partial charge < -0.3 is 0 Å². The Kier molecular flexibility index (Phi) is 2.67. The lowest BCUT2D eigenvalue weighted by Crippen LogP contribution is -1.83. The average molecular weight is 249 g/mol. The van der Waals surface area contributed by atoms with Crippen LogP contribution in [0.2, 0.25) is 9.49 Å². The number of hydrogen-bond acceptors (Lipinski definition) is 3. The molecular weight excluding hydrogens is 246 g/mol. The summed E-state index contributed by atoms with van der Waals surface area (Å²) in [5.74, 6) is -0.387. The van der Waals surface area contributed by atoms with E-state index in [0.29, 0.717) is 15.6 Å². The molecule has 0 N–H and O–H groups in total. The largest absolute Gasteiger partial charge is 0.207 e. The van der Waals surface area contributed by atoms with Crippen LogP contribution in [0.4, 0.5) is 4.39 Å². The molecule has 0 fully saturated rings. The van der Waals surface area contributed by atoms with Gasteiger partial charge >= 0.3 is 0 Å². The Hall–Kier alpha value is -0.710. The lowest BCUT2D eigenvalue weighted by atomic mass is 10.2. The van der Waals surface area contributed by atoms with Gasteiger partial charge in [-0.3, -0.25) is 0 Å². The molecule has 2 rings (SSSR count). The van der Waals surface area contributed by atoms with E-state index >= 15 is 0 Å². The third-order valence-electron chi connectivity index (χ3n) is 1.56. The second kappa shape index (κ2) is 3.81. The summed E-state index contributed by atoms with van der Waals surface area (Å²) in [6, 6.07) is 4.25. The smallest absolute Gasteiger partial charge is 0.206 e. The number of hydrogen-bond donors (Lipinski definition) is 0. The van der Waals surface area contributed by atoms with Gasteiger partial charge in [0.05, 0.1) is 0 Å². The van der Waals surface area contributed by atoms with Gasteiger partial charge in [0, 0.05) is 10.6 Å². The molecule has 0 radical (unpaired) electrons. The fraction of sp³-hybridized carbons (Fsp3) is 0. The molecule has 1 heterocycles. The number of nitrogens with zero attached hydrogens (tertiary/aromatic N) is 2. The zero-order chi connectivity index (χ0) is 10.1. The third kappa shape index (κ3) is 1.87. The average Bonchev–Trinajstić information content (AvgIpc) is 2.56. The first kappa shape index (κ1) is 9.83. The Balaban J connectivity index is 2.55. The van der Waals surface area contributed by atoms with Crippen molar-refractivity contribution in [1.29, 1.82) is 0 Å². The van der Waals surface area contributed by atoms with E-state index in [1.807, 2.05) is 0 Å². The van der Waals surface area contributed by atoms with E-state index in [4.69, 9.17) is 23.2 Å². The summed E-state index contributed by atoms with van der Waals surface area (Å²) in [5.41, 5.74) is 0.321. The fourth-order valence-corrected chi connectivity index (χ4v) is 1.99. The van der Waals surface area contributed by atoms with Crippen LogP contribution in [0.1, 0.15) is 0 Å². The molecule has 2 nitrogen and oxygen atoms in total. The molecule has 72 valence electrons. The van der Waals surface area contributed by atoms with Crippen LogP contribution in [0.5, 0.6) is 0 Å². The standard InChI is InChI=1S/C8H3Cl2FN2S/c9-4-1-2-6(11)5(3-4)7-12-13-8(10)14-7/h1-3H. The normalized spacial score (nSPS) is 10.5. The maximum Gasteiger partial charge on any atom is 0.207 e. The maximum atomic E-state index is 13.3. The van der Waals surface area contributed by atoms with Crippen LogP contribution < -0.4 is 0 Å². The molecule has 0 saturated heterocycles. The Morgan fingerprint density at radius 1 is 1.21 bits per heavy atom. The van der Waals surface area contributed by atoms with Crippen LogP contribution >= 0.6 is 34.5 Å². The molecule has 0 aliphatic heterocycles. The second-order valence-electron chi connectivity index (χ2n) is 2.48. The summed E-state index contributed by atoms with van der Waals surface area (Å²) < 4.78 is 13.6. The van der Waals surface area contributed by atoms with Gasteiger partial charge in [-0.25, -0.2) is 4.39 Å². The van der Waals surface area contributed by atoms with Crippen molar-refractivity contribution in [1.82, 2.24) is 10.2 Å². The minimum atomic E-state index is -0.387. The van der Waals surface area contributed by atoms with Crippen molar-refractivity contribution in [2.75, 3.05) is 0 Å². The molecular formula is C8H3Cl2FN2S. The van der Waals surface area contributed by atoms with Gasteiger partial charge in [-0.2, -0.15) is 0 Å². The van der Waals surface area contributed by atoms with E-state index in [1.165, 1.54) is 18.2 Å². The minimum Gasteiger partial charge on any atom is -0.206 e. The Bertz CT molecular complexity index is 472. The van der Waals surface area contributed by atoms with E-state index in [9.17, 15) is 4.39 Å². The molecule has 6 heteroatoms. The van der Waals surface area contributed by atoms with E-state index in [-0.39, 0.29) is 10.3 Å². The van der Waals surface area contributed by atoms with E-state index < -0.39 is 0 Å². The van der Waals surface area contributed by atoms with Crippen LogP contribution in [0.25, 0.3) is 10.6 Å². The van der Waals surface area contributed by atoms with Gasteiger partial charge in [0.15, 0.2) is 5.01 Å². The molecule has 14 heavy (non-hydrogen) atoms. The SMILES string of the molecule is Fc1ccc(Cl)cc1-c1nnc(Cl)s1. The van der Waals surface area contributed by atoms with Crippen molar-refractivity contribution in [2.24, 2.45) is 0 Å². The Labute approximate surface area is 93.3 Å². The monoisotopic (exact) mass is 248 g/mol. The van der Waals surface area contributed by atoms with Crippen molar-refractivity contribution in [2.45, 2.75) is 0 Å². The molecule has 0 unspecified atom stereocenters. The van der Waals surface area contributed by atoms with Crippen LogP contribution in [-0.2, 0) is 0 Å². The van der Waals surface area contributed by atoms with E-state index in [1.54, 1.807) is 0 Å². The predicted molar refractivity (Wildman–Crippen MR) is 55.3 cm³/mol. The summed E-state index contributed by atoms with van der Waals surface area (Å²) in [4.78, 5) is 0. The third-order valence-corrected chi connectivity index (χ3v) is 2.85. The Morgan fingerprint density at radius 2 is 2.00 bits per heavy atom. The van der Waals surface area contributed by atoms with Crippen molar-refractivity contribution >= 4 is 34.5 Å². The lowest BCUT2D eigenvalue weighted by Gasteiger charge is -1.97. The zero-order valence-electron chi connectivity index (χ0n) is 6.67. The topological polar surface area (TPSA) is 25.8 Å². The molecule has 0 aliphatic carbocycles. The zero-order valence-corrected chi connectivity index (χ0v) is 9.00. The first-order valence-corrected chi connectivity index (χ1v) is 5.18. The first-order valence-electron chi connectivity index (χ1n) is 3.61. The van der Waals surface area contributed by atoms with E-state index in [0.717, 1.165) is 11.3 Å². The van der Waals surface area contributed by atoms with Crippen LogP contribution in [0, 0.1) is 5.82 Å². The quantitative estimate of drug-likeness (QED) is 0.770. The summed E-state index contributed by atoms with van der Waals surface area (Å²) >= 11 is 12.4. The van der Waals surface area contributed by atoms with Gasteiger partial charge in [0.25, 0.3) is 0 Å². The van der Waals surface area contributed by atoms with Crippen LogP contribution in [0.15, 0.2) is 18.2 Å². The first-order chi connectivity index (χ1) is 6.66. The van der Waals surface area contributed by atoms with Crippen molar-refractivity contribution < 1.29 is 4.39 Å². The molecule has 0 aliphatic rings. The maximum absolute atomic E-state index is 13.3. The lowest BCUT2D eigenvalue weighted by molar-refractivity contribution is 0.631. The number of rotatable bonds is 1. The molecule has 2 aromatic rings. The summed E-state index contributed by atoms with van der Waals surface area (Å²) in [5, 5.41) is 8.19. The highest BCUT2D eigenvalue weighted by Crippen LogP contribution is 2.29. The summed E-state index contributed by atoms with van der Waals surface area (Å²) in [6.07, 6.45) is 0. The van der Waals surface area contributed by atoms with Crippen LogP contribution in [-0.4, -0.2) is 10.2 Å². The highest BCUT2D eigenvalue weighted by Gasteiger charge is 2.10.